The lowest BCUT2D eigenvalue weighted by Crippen LogP contribution is -2.15. The van der Waals surface area contributed by atoms with Crippen LogP contribution in [0.1, 0.15) is 23.1 Å². The number of hydrogen-bond acceptors (Lipinski definition) is 6. The van der Waals surface area contributed by atoms with Crippen molar-refractivity contribution in [3.05, 3.63) is 41.9 Å². The first-order valence-corrected chi connectivity index (χ1v) is 9.16. The lowest BCUT2D eigenvalue weighted by Gasteiger charge is -2.09. The van der Waals surface area contributed by atoms with Gasteiger partial charge in [0.1, 0.15) is 11.4 Å². The topological polar surface area (TPSA) is 120 Å². The number of nitrogens with two attached hydrogens (primary N) is 1. The van der Waals surface area contributed by atoms with Gasteiger partial charge in [-0.2, -0.15) is 18.3 Å². The number of rotatable bonds is 4. The molecule has 27 heavy (non-hydrogen) atoms. The molecule has 8 nitrogen and oxygen atoms in total. The molecule has 0 aliphatic rings. The molecule has 3 aromatic heterocycles. The van der Waals surface area contributed by atoms with Gasteiger partial charge in [-0.3, -0.25) is 4.79 Å². The molecule has 0 spiro atoms. The zero-order valence-electron chi connectivity index (χ0n) is 13.7. The lowest BCUT2D eigenvalue weighted by molar-refractivity contribution is -0.141. The van der Waals surface area contributed by atoms with E-state index in [4.69, 9.17) is 5.73 Å². The van der Waals surface area contributed by atoms with Crippen LogP contribution in [0.5, 0.6) is 0 Å². The van der Waals surface area contributed by atoms with Gasteiger partial charge < -0.3 is 5.73 Å². The summed E-state index contributed by atoms with van der Waals surface area (Å²) in [5, 5.41) is 3.37. The molecule has 0 unspecified atom stereocenters. The molecule has 3 aromatic rings. The highest BCUT2D eigenvalue weighted by Gasteiger charge is 2.34. The molecule has 2 N–H and O–H groups in total. The largest absolute Gasteiger partial charge is 0.435 e. The van der Waals surface area contributed by atoms with Crippen molar-refractivity contribution in [1.82, 2.24) is 19.6 Å². The number of sulfone groups is 1. The predicted molar refractivity (Wildman–Crippen MR) is 87.5 cm³/mol. The molecule has 142 valence electrons. The summed E-state index contributed by atoms with van der Waals surface area (Å²) in [4.78, 5) is 19.1. The Morgan fingerprint density at radius 3 is 2.52 bits per heavy atom. The summed E-state index contributed by atoms with van der Waals surface area (Å²) in [6.07, 6.45) is -3.47. The number of hydrogen-bond donors (Lipinski definition) is 1. The van der Waals surface area contributed by atoms with E-state index >= 15 is 0 Å². The van der Waals surface area contributed by atoms with E-state index in [1.807, 2.05) is 0 Å². The fourth-order valence-electron chi connectivity index (χ4n) is 2.32. The zero-order chi connectivity index (χ0) is 20.0. The Bertz CT molecular complexity index is 1160. The molecular weight excluding hydrogens is 387 g/mol. The van der Waals surface area contributed by atoms with Crippen LogP contribution >= 0.6 is 0 Å². The van der Waals surface area contributed by atoms with E-state index in [2.05, 4.69) is 15.1 Å². The van der Waals surface area contributed by atoms with Crippen LogP contribution in [0.15, 0.2) is 35.4 Å². The molecule has 0 aromatic carbocycles. The first-order chi connectivity index (χ1) is 12.5. The van der Waals surface area contributed by atoms with E-state index in [9.17, 15) is 26.4 Å². The molecule has 3 rings (SSSR count). The maximum Gasteiger partial charge on any atom is 0.435 e. The quantitative estimate of drug-likeness (QED) is 0.713. The fourth-order valence-corrected chi connectivity index (χ4v) is 3.35. The second kappa shape index (κ2) is 6.30. The molecule has 0 saturated heterocycles. The molecule has 0 bridgehead atoms. The number of alkyl halides is 3. The first-order valence-electron chi connectivity index (χ1n) is 7.50. The normalized spacial score (nSPS) is 12.4. The second-order valence-corrected chi connectivity index (χ2v) is 7.70. The van der Waals surface area contributed by atoms with Gasteiger partial charge in [-0.25, -0.2) is 22.9 Å². The number of nitrogens with zero attached hydrogens (tertiary/aromatic N) is 4. The SMILES string of the molecule is CCS(=O)(=O)c1ccc(C(N)=O)nc1-c1ccn2nc(C(F)(F)F)cc2n1. The van der Waals surface area contributed by atoms with Crippen molar-refractivity contribution in [3.63, 3.8) is 0 Å². The van der Waals surface area contributed by atoms with Crippen LogP contribution in [0, 0.1) is 0 Å². The molecule has 0 atom stereocenters. The predicted octanol–water partition coefficient (Wildman–Crippen LogP) is 1.70. The molecule has 12 heteroatoms. The Morgan fingerprint density at radius 1 is 1.22 bits per heavy atom. The van der Waals surface area contributed by atoms with Crippen LogP contribution < -0.4 is 5.73 Å². The zero-order valence-corrected chi connectivity index (χ0v) is 14.5. The summed E-state index contributed by atoms with van der Waals surface area (Å²) in [5.74, 6) is -1.13. The summed E-state index contributed by atoms with van der Waals surface area (Å²) < 4.78 is 64.0. The molecule has 3 heterocycles. The summed E-state index contributed by atoms with van der Waals surface area (Å²) in [5.41, 5.74) is 3.46. The van der Waals surface area contributed by atoms with Crippen molar-refractivity contribution in [1.29, 1.82) is 0 Å². The highest BCUT2D eigenvalue weighted by molar-refractivity contribution is 7.91. The third kappa shape index (κ3) is 3.47. The number of pyridine rings is 1. The number of carbonyl (C=O) groups is 1. The Kier molecular flexibility index (Phi) is 4.38. The van der Waals surface area contributed by atoms with E-state index in [0.29, 0.717) is 0 Å². The number of primary amides is 1. The maximum absolute atomic E-state index is 12.8. The second-order valence-electron chi connectivity index (χ2n) is 5.45. The summed E-state index contributed by atoms with van der Waals surface area (Å²) in [7, 11) is -3.75. The molecule has 0 aliphatic heterocycles. The standard InChI is InChI=1S/C15H12F3N5O3S/c1-2-27(25,26)10-4-3-9(14(19)24)21-13(10)8-5-6-23-12(20-8)7-11(22-23)15(16,17)18/h3-7H,2H2,1H3,(H2,19,24). The van der Waals surface area contributed by atoms with Crippen LogP contribution in [0.2, 0.25) is 0 Å². The molecule has 0 fully saturated rings. The van der Waals surface area contributed by atoms with E-state index in [0.717, 1.165) is 16.6 Å². The molecular formula is C15H12F3N5O3S. The van der Waals surface area contributed by atoms with Gasteiger partial charge in [0, 0.05) is 12.3 Å². The first kappa shape index (κ1) is 18.8. The highest BCUT2D eigenvalue weighted by Crippen LogP contribution is 2.30. The monoisotopic (exact) mass is 399 g/mol. The van der Waals surface area contributed by atoms with Crippen molar-refractivity contribution < 1.29 is 26.4 Å². The van der Waals surface area contributed by atoms with Gasteiger partial charge in [-0.15, -0.1) is 0 Å². The van der Waals surface area contributed by atoms with Crippen LogP contribution in [0.3, 0.4) is 0 Å². The van der Waals surface area contributed by atoms with Gasteiger partial charge in [-0.1, -0.05) is 6.92 Å². The summed E-state index contributed by atoms with van der Waals surface area (Å²) in [6.45, 7) is 1.42. The fraction of sp³-hybridized carbons (Fsp3) is 0.200. The third-order valence-corrected chi connectivity index (χ3v) is 5.44. The highest BCUT2D eigenvalue weighted by atomic mass is 32.2. The minimum absolute atomic E-state index is 0.0359. The van der Waals surface area contributed by atoms with Crippen molar-refractivity contribution in [3.8, 4) is 11.4 Å². The molecule has 1 amide bonds. The number of aromatic nitrogens is 4. The van der Waals surface area contributed by atoms with Crippen LogP contribution in [0.25, 0.3) is 17.0 Å². The Balaban J connectivity index is 2.25. The number of carbonyl (C=O) groups excluding carboxylic acids is 1. The van der Waals surface area contributed by atoms with Crippen molar-refractivity contribution in [2.75, 3.05) is 5.75 Å². The van der Waals surface area contributed by atoms with E-state index < -0.39 is 27.6 Å². The average Bonchev–Trinajstić information content (AvgIpc) is 3.04. The van der Waals surface area contributed by atoms with E-state index in [1.54, 1.807) is 0 Å². The summed E-state index contributed by atoms with van der Waals surface area (Å²) in [6, 6.07) is 4.30. The van der Waals surface area contributed by atoms with Gasteiger partial charge in [0.05, 0.1) is 16.3 Å². The van der Waals surface area contributed by atoms with Gasteiger partial charge in [0.2, 0.25) is 0 Å². The van der Waals surface area contributed by atoms with Crippen molar-refractivity contribution >= 4 is 21.4 Å². The van der Waals surface area contributed by atoms with Gasteiger partial charge in [-0.05, 0) is 18.2 Å². The van der Waals surface area contributed by atoms with Crippen molar-refractivity contribution in [2.24, 2.45) is 5.73 Å². The van der Waals surface area contributed by atoms with Crippen molar-refractivity contribution in [2.45, 2.75) is 18.0 Å². The Labute approximate surface area is 150 Å². The Morgan fingerprint density at radius 2 is 1.93 bits per heavy atom. The molecule has 0 saturated carbocycles. The third-order valence-electron chi connectivity index (χ3n) is 3.68. The average molecular weight is 399 g/mol. The minimum Gasteiger partial charge on any atom is -0.364 e. The Hall–Kier alpha value is -3.02. The number of fused-ring (bicyclic) bond motifs is 1. The summed E-state index contributed by atoms with van der Waals surface area (Å²) >= 11 is 0. The molecule has 0 radical (unpaired) electrons. The smallest absolute Gasteiger partial charge is 0.364 e. The van der Waals surface area contributed by atoms with Crippen LogP contribution in [0.4, 0.5) is 13.2 Å². The lowest BCUT2D eigenvalue weighted by atomic mass is 10.2. The van der Waals surface area contributed by atoms with E-state index in [1.165, 1.54) is 25.3 Å². The number of halogens is 3. The number of amides is 1. The van der Waals surface area contributed by atoms with Gasteiger partial charge in [0.25, 0.3) is 5.91 Å². The van der Waals surface area contributed by atoms with Gasteiger partial charge >= 0.3 is 6.18 Å². The molecule has 0 aliphatic carbocycles. The van der Waals surface area contributed by atoms with E-state index in [-0.39, 0.29) is 33.4 Å². The van der Waals surface area contributed by atoms with Crippen LogP contribution in [-0.4, -0.2) is 39.7 Å². The van der Waals surface area contributed by atoms with Gasteiger partial charge in [0.15, 0.2) is 21.2 Å². The van der Waals surface area contributed by atoms with Crippen LogP contribution in [-0.2, 0) is 16.0 Å². The maximum atomic E-state index is 12.8. The minimum atomic E-state index is -4.66.